The summed E-state index contributed by atoms with van der Waals surface area (Å²) in [7, 11) is 0. The molecule has 1 nitrogen and oxygen atoms in total. The second kappa shape index (κ2) is 12.8. The van der Waals surface area contributed by atoms with Crippen molar-refractivity contribution in [3.8, 4) is 33.4 Å². The van der Waals surface area contributed by atoms with E-state index in [0.29, 0.717) is 11.8 Å². The van der Waals surface area contributed by atoms with E-state index < -0.39 is 0 Å². The van der Waals surface area contributed by atoms with Crippen molar-refractivity contribution in [3.63, 3.8) is 0 Å². The Bertz CT molecular complexity index is 2650. The summed E-state index contributed by atoms with van der Waals surface area (Å²) < 4.78 is 6.37. The summed E-state index contributed by atoms with van der Waals surface area (Å²) in [5.74, 6) is 0.739. The van der Waals surface area contributed by atoms with Crippen LogP contribution in [0.2, 0.25) is 0 Å². The van der Waals surface area contributed by atoms with E-state index in [-0.39, 0.29) is 10.8 Å². The van der Waals surface area contributed by atoms with Gasteiger partial charge in [0.2, 0.25) is 0 Å². The average molecular weight is 693 g/mol. The Morgan fingerprint density at radius 2 is 0.642 bits per heavy atom. The van der Waals surface area contributed by atoms with Gasteiger partial charge in [-0.15, -0.1) is 0 Å². The molecule has 0 fully saturated rings. The number of fused-ring (bicyclic) bond motifs is 5. The quantitative estimate of drug-likeness (QED) is 0.164. The Kier molecular flexibility index (Phi) is 8.41. The number of benzene rings is 7. The smallest absolute Gasteiger partial charge is 0.135 e. The molecular formula is C52H52O. The van der Waals surface area contributed by atoms with Gasteiger partial charge in [0.15, 0.2) is 0 Å². The van der Waals surface area contributed by atoms with Crippen LogP contribution in [0.3, 0.4) is 0 Å². The zero-order valence-electron chi connectivity index (χ0n) is 33.1. The first-order valence-corrected chi connectivity index (χ1v) is 19.4. The minimum Gasteiger partial charge on any atom is -0.456 e. The highest BCUT2D eigenvalue weighted by molar-refractivity contribution is 6.10. The lowest BCUT2D eigenvalue weighted by molar-refractivity contribution is 0.590. The molecule has 8 rings (SSSR count). The standard InChI is InChI=1S/C52H52O/c1-31(2)49-42-24-16-37(30-46(42)50(32(3)4)41-23-15-35(29-45(41)49)33-11-19-39(20-12-33)51(5,6)7)38-18-26-48-44(28-38)43-27-36(17-25-47(43)53-48)34-13-21-40(22-14-34)52(8,9)10/h11-32H,1-10H3. The van der Waals surface area contributed by atoms with Crippen LogP contribution in [0, 0.1) is 0 Å². The van der Waals surface area contributed by atoms with Crippen LogP contribution >= 0.6 is 0 Å². The van der Waals surface area contributed by atoms with Crippen LogP contribution in [-0.2, 0) is 10.8 Å². The van der Waals surface area contributed by atoms with E-state index in [1.807, 2.05) is 0 Å². The van der Waals surface area contributed by atoms with Crippen LogP contribution < -0.4 is 0 Å². The van der Waals surface area contributed by atoms with Crippen LogP contribution in [0.4, 0.5) is 0 Å². The second-order valence-corrected chi connectivity index (χ2v) is 17.8. The third kappa shape index (κ3) is 6.25. The van der Waals surface area contributed by atoms with Gasteiger partial charge in [0, 0.05) is 10.8 Å². The molecule has 7 aromatic carbocycles. The normalized spacial score (nSPS) is 12.7. The maximum Gasteiger partial charge on any atom is 0.135 e. The summed E-state index contributed by atoms with van der Waals surface area (Å²) in [5.41, 5.74) is 15.1. The molecule has 0 saturated heterocycles. The lowest BCUT2D eigenvalue weighted by atomic mass is 9.81. The first-order chi connectivity index (χ1) is 25.2. The number of hydrogen-bond donors (Lipinski definition) is 0. The maximum absolute atomic E-state index is 6.37. The molecule has 0 aliphatic carbocycles. The molecule has 0 unspecified atom stereocenters. The molecule has 0 spiro atoms. The number of hydrogen-bond acceptors (Lipinski definition) is 1. The van der Waals surface area contributed by atoms with Gasteiger partial charge in [-0.2, -0.15) is 0 Å². The van der Waals surface area contributed by atoms with Crippen LogP contribution in [0.1, 0.15) is 103 Å². The van der Waals surface area contributed by atoms with E-state index >= 15 is 0 Å². The summed E-state index contributed by atoms with van der Waals surface area (Å²) in [6, 6.07) is 45.8. The van der Waals surface area contributed by atoms with Gasteiger partial charge in [-0.3, -0.25) is 0 Å². The minimum absolute atomic E-state index is 0.130. The van der Waals surface area contributed by atoms with E-state index in [1.165, 1.54) is 77.2 Å². The van der Waals surface area contributed by atoms with Crippen LogP contribution in [0.5, 0.6) is 0 Å². The van der Waals surface area contributed by atoms with Gasteiger partial charge in [-0.25, -0.2) is 0 Å². The summed E-state index contributed by atoms with van der Waals surface area (Å²) in [6.45, 7) is 23.0. The van der Waals surface area contributed by atoms with Crippen molar-refractivity contribution in [2.24, 2.45) is 0 Å². The fourth-order valence-corrected chi connectivity index (χ4v) is 8.36. The summed E-state index contributed by atoms with van der Waals surface area (Å²) in [6.07, 6.45) is 0. The van der Waals surface area contributed by atoms with E-state index in [9.17, 15) is 0 Å². The van der Waals surface area contributed by atoms with Crippen molar-refractivity contribution in [1.82, 2.24) is 0 Å². The third-order valence-electron chi connectivity index (χ3n) is 11.3. The highest BCUT2D eigenvalue weighted by Gasteiger charge is 2.21. The first-order valence-electron chi connectivity index (χ1n) is 19.4. The molecule has 0 aliphatic heterocycles. The van der Waals surface area contributed by atoms with Crippen molar-refractivity contribution in [2.45, 2.75) is 91.9 Å². The van der Waals surface area contributed by atoms with Crippen molar-refractivity contribution >= 4 is 43.5 Å². The molecular weight excluding hydrogens is 641 g/mol. The summed E-state index contributed by atoms with van der Waals surface area (Å²) in [5, 5.41) is 7.75. The fraction of sp³-hybridized carbons (Fsp3) is 0.269. The molecule has 0 N–H and O–H groups in total. The number of rotatable bonds is 5. The van der Waals surface area contributed by atoms with E-state index in [0.717, 1.165) is 21.9 Å². The topological polar surface area (TPSA) is 13.1 Å². The zero-order chi connectivity index (χ0) is 37.4. The van der Waals surface area contributed by atoms with E-state index in [4.69, 9.17) is 4.42 Å². The Morgan fingerprint density at radius 1 is 0.340 bits per heavy atom. The molecule has 0 amide bonds. The summed E-state index contributed by atoms with van der Waals surface area (Å²) >= 11 is 0. The molecule has 266 valence electrons. The average Bonchev–Trinajstić information content (AvgIpc) is 3.49. The molecule has 0 bridgehead atoms. The first kappa shape index (κ1) is 34.9. The van der Waals surface area contributed by atoms with Gasteiger partial charge in [0.1, 0.15) is 11.2 Å². The molecule has 0 radical (unpaired) electrons. The van der Waals surface area contributed by atoms with Crippen molar-refractivity contribution in [3.05, 3.63) is 144 Å². The van der Waals surface area contributed by atoms with Gasteiger partial charge in [0.25, 0.3) is 0 Å². The maximum atomic E-state index is 6.37. The minimum atomic E-state index is 0.130. The SMILES string of the molecule is CC(C)c1c2ccc(-c3ccc4oc5ccc(-c6ccc(C(C)(C)C)cc6)cc5c4c3)cc2c(C(C)C)c2ccc(-c3ccc(C(C)(C)C)cc3)cc12. The van der Waals surface area contributed by atoms with Gasteiger partial charge in [0.05, 0.1) is 0 Å². The van der Waals surface area contributed by atoms with Gasteiger partial charge in [-0.1, -0.05) is 154 Å². The fourth-order valence-electron chi connectivity index (χ4n) is 8.36. The van der Waals surface area contributed by atoms with Gasteiger partial charge in [-0.05, 0) is 136 Å². The molecule has 8 aromatic rings. The van der Waals surface area contributed by atoms with E-state index in [2.05, 4.69) is 191 Å². The highest BCUT2D eigenvalue weighted by atomic mass is 16.3. The Morgan fingerprint density at radius 3 is 0.981 bits per heavy atom. The molecule has 1 heteroatoms. The summed E-state index contributed by atoms with van der Waals surface area (Å²) in [4.78, 5) is 0. The van der Waals surface area contributed by atoms with Crippen molar-refractivity contribution in [2.75, 3.05) is 0 Å². The van der Waals surface area contributed by atoms with Gasteiger partial charge >= 0.3 is 0 Å². The lowest BCUT2D eigenvalue weighted by Gasteiger charge is -2.23. The van der Waals surface area contributed by atoms with Crippen LogP contribution in [0.25, 0.3) is 76.9 Å². The Hall–Kier alpha value is -5.14. The molecule has 0 atom stereocenters. The zero-order valence-corrected chi connectivity index (χ0v) is 33.1. The van der Waals surface area contributed by atoms with Gasteiger partial charge < -0.3 is 4.42 Å². The molecule has 0 saturated carbocycles. The largest absolute Gasteiger partial charge is 0.456 e. The molecule has 1 aromatic heterocycles. The third-order valence-corrected chi connectivity index (χ3v) is 11.3. The second-order valence-electron chi connectivity index (χ2n) is 17.8. The molecule has 0 aliphatic rings. The predicted octanol–water partition coefficient (Wildman–Crippen LogP) is 15.7. The van der Waals surface area contributed by atoms with Crippen molar-refractivity contribution in [1.29, 1.82) is 0 Å². The van der Waals surface area contributed by atoms with Crippen LogP contribution in [-0.4, -0.2) is 0 Å². The predicted molar refractivity (Wildman–Crippen MR) is 231 cm³/mol. The van der Waals surface area contributed by atoms with E-state index in [1.54, 1.807) is 0 Å². The molecule has 1 heterocycles. The monoisotopic (exact) mass is 692 g/mol. The molecule has 53 heavy (non-hydrogen) atoms. The number of furan rings is 1. The Balaban J connectivity index is 1.25. The Labute approximate surface area is 315 Å². The lowest BCUT2D eigenvalue weighted by Crippen LogP contribution is -2.10. The highest BCUT2D eigenvalue weighted by Crippen LogP contribution is 2.44. The van der Waals surface area contributed by atoms with Crippen LogP contribution in [0.15, 0.2) is 126 Å². The van der Waals surface area contributed by atoms with Crippen molar-refractivity contribution < 1.29 is 4.42 Å².